The van der Waals surface area contributed by atoms with Crippen molar-refractivity contribution in [1.29, 1.82) is 0 Å². The summed E-state index contributed by atoms with van der Waals surface area (Å²) in [6.45, 7) is 1.54. The Morgan fingerprint density at radius 3 is 2.71 bits per heavy atom. The van der Waals surface area contributed by atoms with E-state index in [0.29, 0.717) is 0 Å². The number of nitrogens with one attached hydrogen (secondary N) is 1. The van der Waals surface area contributed by atoms with Crippen LogP contribution in [0.3, 0.4) is 0 Å². The van der Waals surface area contributed by atoms with E-state index in [1.165, 1.54) is 5.69 Å². The topological polar surface area (TPSA) is 50.4 Å². The molecule has 0 fully saturated rings. The Labute approximate surface area is 142 Å². The van der Waals surface area contributed by atoms with Crippen molar-refractivity contribution < 1.29 is 0 Å². The van der Waals surface area contributed by atoms with Crippen LogP contribution in [0.2, 0.25) is 0 Å². The van der Waals surface area contributed by atoms with Gasteiger partial charge in [-0.3, -0.25) is 9.67 Å². The summed E-state index contributed by atoms with van der Waals surface area (Å²) in [5.74, 6) is 0.870. The second-order valence-corrected chi connectivity index (χ2v) is 4.89. The molecule has 6 nitrogen and oxygen atoms in total. The number of nitrogens with zero attached hydrogens (tertiary/aromatic N) is 5. The number of guanidine groups is 1. The Morgan fingerprint density at radius 1 is 1.43 bits per heavy atom. The van der Waals surface area contributed by atoms with Crippen molar-refractivity contribution in [3.8, 4) is 0 Å². The normalized spacial score (nSPS) is 11.1. The van der Waals surface area contributed by atoms with Gasteiger partial charge in [0.1, 0.15) is 0 Å². The van der Waals surface area contributed by atoms with Crippen LogP contribution >= 0.6 is 24.0 Å². The first-order chi connectivity index (χ1) is 9.60. The zero-order chi connectivity index (χ0) is 14.5. The molecule has 7 heteroatoms. The molecule has 0 aromatic carbocycles. The first-order valence-electron chi connectivity index (χ1n) is 6.59. The number of rotatable bonds is 4. The average molecular weight is 402 g/mol. The SMILES string of the molecule is CN=C(NCc1cccn1C)N(C)Cc1cnn(C)c1.I. The van der Waals surface area contributed by atoms with Crippen LogP contribution in [-0.2, 0) is 27.2 Å². The van der Waals surface area contributed by atoms with Crippen molar-refractivity contribution in [2.75, 3.05) is 14.1 Å². The molecule has 0 aliphatic rings. The minimum absolute atomic E-state index is 0. The highest BCUT2D eigenvalue weighted by Crippen LogP contribution is 2.03. The summed E-state index contributed by atoms with van der Waals surface area (Å²) in [7, 11) is 7.78. The second-order valence-electron chi connectivity index (χ2n) is 4.89. The van der Waals surface area contributed by atoms with Crippen LogP contribution in [0, 0.1) is 0 Å². The van der Waals surface area contributed by atoms with Crippen LogP contribution in [0.1, 0.15) is 11.3 Å². The van der Waals surface area contributed by atoms with Crippen molar-refractivity contribution in [3.05, 3.63) is 42.0 Å². The van der Waals surface area contributed by atoms with Crippen molar-refractivity contribution in [2.24, 2.45) is 19.1 Å². The molecule has 2 heterocycles. The van der Waals surface area contributed by atoms with Gasteiger partial charge in [0.25, 0.3) is 0 Å². The maximum absolute atomic E-state index is 4.32. The Balaban J connectivity index is 0.00000220. The van der Waals surface area contributed by atoms with E-state index in [9.17, 15) is 0 Å². The summed E-state index contributed by atoms with van der Waals surface area (Å²) in [6.07, 6.45) is 5.93. The van der Waals surface area contributed by atoms with Crippen molar-refractivity contribution in [3.63, 3.8) is 0 Å². The van der Waals surface area contributed by atoms with E-state index < -0.39 is 0 Å². The first-order valence-corrected chi connectivity index (χ1v) is 6.59. The van der Waals surface area contributed by atoms with E-state index in [2.05, 4.69) is 30.9 Å². The Bertz CT molecular complexity index is 586. The predicted octanol–water partition coefficient (Wildman–Crippen LogP) is 1.58. The van der Waals surface area contributed by atoms with Crippen LogP contribution in [-0.4, -0.2) is 39.3 Å². The van der Waals surface area contributed by atoms with E-state index >= 15 is 0 Å². The number of hydrogen-bond acceptors (Lipinski definition) is 2. The molecule has 2 rings (SSSR count). The third kappa shape index (κ3) is 4.76. The molecule has 0 atom stereocenters. The monoisotopic (exact) mass is 402 g/mol. The summed E-state index contributed by atoms with van der Waals surface area (Å²) in [5, 5.41) is 7.55. The third-order valence-corrected chi connectivity index (χ3v) is 3.23. The van der Waals surface area contributed by atoms with E-state index in [-0.39, 0.29) is 24.0 Å². The Kier molecular flexibility index (Phi) is 6.73. The Morgan fingerprint density at radius 2 is 2.19 bits per heavy atom. The number of aromatic nitrogens is 3. The second kappa shape index (κ2) is 8.06. The molecular formula is C14H23IN6. The minimum Gasteiger partial charge on any atom is -0.353 e. The lowest BCUT2D eigenvalue weighted by Gasteiger charge is -2.21. The van der Waals surface area contributed by atoms with Crippen molar-refractivity contribution in [2.45, 2.75) is 13.1 Å². The number of aliphatic imine (C=N–C) groups is 1. The van der Waals surface area contributed by atoms with Gasteiger partial charge < -0.3 is 14.8 Å². The van der Waals surface area contributed by atoms with Gasteiger partial charge in [0.15, 0.2) is 5.96 Å². The molecule has 0 saturated heterocycles. The predicted molar refractivity (Wildman–Crippen MR) is 95.7 cm³/mol. The molecule has 116 valence electrons. The van der Waals surface area contributed by atoms with Gasteiger partial charge >= 0.3 is 0 Å². The van der Waals surface area contributed by atoms with Gasteiger partial charge in [0, 0.05) is 58.4 Å². The third-order valence-electron chi connectivity index (χ3n) is 3.23. The van der Waals surface area contributed by atoms with E-state index in [0.717, 1.165) is 24.6 Å². The number of halogens is 1. The first kappa shape index (κ1) is 17.5. The quantitative estimate of drug-likeness (QED) is 0.480. The lowest BCUT2D eigenvalue weighted by atomic mass is 10.3. The fourth-order valence-electron chi connectivity index (χ4n) is 2.14. The lowest BCUT2D eigenvalue weighted by molar-refractivity contribution is 0.475. The molecule has 21 heavy (non-hydrogen) atoms. The van der Waals surface area contributed by atoms with Gasteiger partial charge in [-0.05, 0) is 12.1 Å². The summed E-state index contributed by atoms with van der Waals surface area (Å²) in [6, 6.07) is 4.14. The number of hydrogen-bond donors (Lipinski definition) is 1. The van der Waals surface area contributed by atoms with Gasteiger partial charge in [-0.2, -0.15) is 5.10 Å². The molecule has 0 amide bonds. The standard InChI is InChI=1S/C14H22N6.HI/c1-15-14(16-9-13-6-5-7-18(13)2)19(3)10-12-8-17-20(4)11-12;/h5-8,11H,9-10H2,1-4H3,(H,15,16);1H. The van der Waals surface area contributed by atoms with Gasteiger partial charge in [-0.25, -0.2) is 0 Å². The molecule has 0 bridgehead atoms. The van der Waals surface area contributed by atoms with E-state index in [1.54, 1.807) is 7.05 Å². The molecular weight excluding hydrogens is 379 g/mol. The van der Waals surface area contributed by atoms with Gasteiger partial charge in [0.05, 0.1) is 12.7 Å². The average Bonchev–Trinajstić information content (AvgIpc) is 3.00. The molecule has 0 aliphatic carbocycles. The highest BCUT2D eigenvalue weighted by molar-refractivity contribution is 14.0. The van der Waals surface area contributed by atoms with Crippen LogP contribution in [0.25, 0.3) is 0 Å². The van der Waals surface area contributed by atoms with Gasteiger partial charge in [0.2, 0.25) is 0 Å². The van der Waals surface area contributed by atoms with Crippen LogP contribution < -0.4 is 5.32 Å². The summed E-state index contributed by atoms with van der Waals surface area (Å²) < 4.78 is 3.91. The molecule has 2 aromatic heterocycles. The summed E-state index contributed by atoms with van der Waals surface area (Å²) in [5.41, 5.74) is 2.39. The zero-order valence-corrected chi connectivity index (χ0v) is 15.3. The molecule has 0 saturated carbocycles. The van der Waals surface area contributed by atoms with Crippen LogP contribution in [0.4, 0.5) is 0 Å². The molecule has 0 aliphatic heterocycles. The van der Waals surface area contributed by atoms with Gasteiger partial charge in [-0.1, -0.05) is 0 Å². The molecule has 0 unspecified atom stereocenters. The zero-order valence-electron chi connectivity index (χ0n) is 12.9. The molecule has 2 aromatic rings. The molecule has 0 spiro atoms. The highest BCUT2D eigenvalue weighted by Gasteiger charge is 2.08. The lowest BCUT2D eigenvalue weighted by Crippen LogP contribution is -2.38. The van der Waals surface area contributed by atoms with Crippen molar-refractivity contribution in [1.82, 2.24) is 24.6 Å². The smallest absolute Gasteiger partial charge is 0.194 e. The maximum Gasteiger partial charge on any atom is 0.194 e. The largest absolute Gasteiger partial charge is 0.353 e. The molecule has 1 N–H and O–H groups in total. The summed E-state index contributed by atoms with van der Waals surface area (Å²) >= 11 is 0. The van der Waals surface area contributed by atoms with E-state index in [1.807, 2.05) is 50.5 Å². The van der Waals surface area contributed by atoms with E-state index in [4.69, 9.17) is 0 Å². The van der Waals surface area contributed by atoms with Crippen molar-refractivity contribution >= 4 is 29.9 Å². The fourth-order valence-corrected chi connectivity index (χ4v) is 2.14. The number of aryl methyl sites for hydroxylation is 2. The highest BCUT2D eigenvalue weighted by atomic mass is 127. The summed E-state index contributed by atoms with van der Waals surface area (Å²) in [4.78, 5) is 6.40. The fraction of sp³-hybridized carbons (Fsp3) is 0.429. The minimum atomic E-state index is 0. The Hall–Kier alpha value is -1.51. The maximum atomic E-state index is 4.32. The van der Waals surface area contributed by atoms with Crippen LogP contribution in [0.5, 0.6) is 0 Å². The van der Waals surface area contributed by atoms with Gasteiger partial charge in [-0.15, -0.1) is 24.0 Å². The van der Waals surface area contributed by atoms with Crippen LogP contribution in [0.15, 0.2) is 35.7 Å². The molecule has 0 radical (unpaired) electrons.